The van der Waals surface area contributed by atoms with E-state index in [0.717, 1.165) is 0 Å². The molecule has 0 bridgehead atoms. The van der Waals surface area contributed by atoms with Crippen molar-refractivity contribution in [2.75, 3.05) is 6.61 Å². The van der Waals surface area contributed by atoms with Crippen LogP contribution < -0.4 is 0 Å². The molecule has 1 fully saturated rings. The van der Waals surface area contributed by atoms with Crippen molar-refractivity contribution in [1.29, 1.82) is 0 Å². The van der Waals surface area contributed by atoms with E-state index in [1.807, 2.05) is 0 Å². The second kappa shape index (κ2) is 14.5. The van der Waals surface area contributed by atoms with Gasteiger partial charge in [-0.25, -0.2) is 19.2 Å². The number of rotatable bonds is 11. The van der Waals surface area contributed by atoms with Crippen LogP contribution in [0.3, 0.4) is 0 Å². The maximum absolute atomic E-state index is 13.7. The van der Waals surface area contributed by atoms with Crippen molar-refractivity contribution in [3.63, 3.8) is 0 Å². The third-order valence-electron chi connectivity index (χ3n) is 7.51. The third kappa shape index (κ3) is 6.90. The fourth-order valence-electron chi connectivity index (χ4n) is 5.07. The van der Waals surface area contributed by atoms with E-state index in [4.69, 9.17) is 23.7 Å². The van der Waals surface area contributed by atoms with E-state index in [2.05, 4.69) is 6.58 Å². The average Bonchev–Trinajstić information content (AvgIpc) is 3.39. The van der Waals surface area contributed by atoms with Crippen molar-refractivity contribution < 1.29 is 42.9 Å². The van der Waals surface area contributed by atoms with Crippen LogP contribution in [-0.2, 0) is 23.7 Å². The van der Waals surface area contributed by atoms with Crippen molar-refractivity contribution >= 4 is 23.9 Å². The summed E-state index contributed by atoms with van der Waals surface area (Å²) < 4.78 is 30.0. The first-order valence-corrected chi connectivity index (χ1v) is 14.7. The molecular weight excluding hydrogens is 588 g/mol. The van der Waals surface area contributed by atoms with Gasteiger partial charge in [-0.3, -0.25) is 0 Å². The maximum Gasteiger partial charge on any atom is 0.340 e. The first kappa shape index (κ1) is 31.9. The lowest BCUT2D eigenvalue weighted by Gasteiger charge is -2.38. The summed E-state index contributed by atoms with van der Waals surface area (Å²) in [6.07, 6.45) is -4.15. The number of carbonyl (C=O) groups excluding carboxylic acids is 4. The lowest BCUT2D eigenvalue weighted by molar-refractivity contribution is -0.168. The number of ether oxygens (including phenoxy) is 5. The minimum Gasteiger partial charge on any atom is -0.459 e. The minimum absolute atomic E-state index is 0.186. The smallest absolute Gasteiger partial charge is 0.340 e. The predicted octanol–water partition coefficient (Wildman–Crippen LogP) is 6.21. The van der Waals surface area contributed by atoms with E-state index < -0.39 is 54.6 Å². The summed E-state index contributed by atoms with van der Waals surface area (Å²) in [5, 5.41) is 0. The molecule has 0 radical (unpaired) electrons. The third-order valence-corrected chi connectivity index (χ3v) is 7.51. The van der Waals surface area contributed by atoms with Gasteiger partial charge < -0.3 is 23.7 Å². The summed E-state index contributed by atoms with van der Waals surface area (Å²) in [6, 6.07) is 32.8. The lowest BCUT2D eigenvalue weighted by Crippen LogP contribution is -2.56. The summed E-state index contributed by atoms with van der Waals surface area (Å²) in [5.74, 6) is -3.03. The topological polar surface area (TPSA) is 114 Å². The Bertz CT molecular complexity index is 1670. The molecule has 4 aromatic carbocycles. The van der Waals surface area contributed by atoms with E-state index in [1.165, 1.54) is 0 Å². The van der Waals surface area contributed by atoms with Crippen molar-refractivity contribution in [2.24, 2.45) is 0 Å². The largest absolute Gasteiger partial charge is 0.459 e. The SMILES string of the molecule is C=C(CC)[C@]1(OC(=O)c2ccccc2)[C@@H](OC(=O)c2ccccc2)O[C@H](COC(=O)c2ccccc2)[C@H]1OC(=O)c1ccccc1. The summed E-state index contributed by atoms with van der Waals surface area (Å²) in [4.78, 5) is 53.6. The van der Waals surface area contributed by atoms with Crippen LogP contribution in [0, 0.1) is 0 Å². The molecular formula is C37H32O9. The summed E-state index contributed by atoms with van der Waals surface area (Å²) in [7, 11) is 0. The highest BCUT2D eigenvalue weighted by Gasteiger charge is 2.65. The van der Waals surface area contributed by atoms with Crippen molar-refractivity contribution in [3.8, 4) is 0 Å². The normalized spacial score (nSPS) is 20.2. The second-order valence-electron chi connectivity index (χ2n) is 10.4. The fourth-order valence-corrected chi connectivity index (χ4v) is 5.07. The molecule has 1 saturated heterocycles. The van der Waals surface area contributed by atoms with Crippen molar-refractivity contribution in [2.45, 2.75) is 37.4 Å². The highest BCUT2D eigenvalue weighted by atomic mass is 16.8. The van der Waals surface area contributed by atoms with Gasteiger partial charge in [0.25, 0.3) is 6.29 Å². The Morgan fingerprint density at radius 1 is 0.630 bits per heavy atom. The zero-order chi connectivity index (χ0) is 32.5. The molecule has 5 rings (SSSR count). The van der Waals surface area contributed by atoms with Gasteiger partial charge >= 0.3 is 23.9 Å². The van der Waals surface area contributed by atoms with Crippen LogP contribution in [0.1, 0.15) is 54.8 Å². The molecule has 4 atom stereocenters. The molecule has 0 amide bonds. The van der Waals surface area contributed by atoms with Gasteiger partial charge in [0.2, 0.25) is 5.60 Å². The Morgan fingerprint density at radius 2 is 1.04 bits per heavy atom. The van der Waals surface area contributed by atoms with E-state index in [9.17, 15) is 19.2 Å². The molecule has 1 aliphatic heterocycles. The average molecular weight is 621 g/mol. The molecule has 0 N–H and O–H groups in total. The molecule has 46 heavy (non-hydrogen) atoms. The standard InChI is InChI=1S/C37H32O9/c1-3-25(2)37(46-35(41)29-22-14-7-15-23-29)31(44-33(39)27-18-10-5-11-19-27)30(24-42-32(38)26-16-8-4-9-17-26)43-36(37)45-34(40)28-20-12-6-13-21-28/h4-23,30-31,36H,2-3,24H2,1H3/t30-,31-,36-,37-/m1/s1. The highest BCUT2D eigenvalue weighted by molar-refractivity contribution is 5.92. The molecule has 0 saturated carbocycles. The second-order valence-corrected chi connectivity index (χ2v) is 10.4. The predicted molar refractivity (Wildman–Crippen MR) is 167 cm³/mol. The number of hydrogen-bond donors (Lipinski definition) is 0. The van der Waals surface area contributed by atoms with Gasteiger partial charge in [0.15, 0.2) is 6.10 Å². The van der Waals surface area contributed by atoms with Crippen molar-refractivity contribution in [1.82, 2.24) is 0 Å². The van der Waals surface area contributed by atoms with Crippen LogP contribution in [0.5, 0.6) is 0 Å². The number of carbonyl (C=O) groups is 4. The molecule has 0 aromatic heterocycles. The van der Waals surface area contributed by atoms with E-state index >= 15 is 0 Å². The van der Waals surface area contributed by atoms with Gasteiger partial charge in [-0.1, -0.05) is 86.3 Å². The minimum atomic E-state index is -2.04. The van der Waals surface area contributed by atoms with Gasteiger partial charge in [0.1, 0.15) is 12.7 Å². The van der Waals surface area contributed by atoms with E-state index in [0.29, 0.717) is 0 Å². The lowest BCUT2D eigenvalue weighted by atomic mass is 9.85. The Labute approximate surface area is 266 Å². The number of hydrogen-bond acceptors (Lipinski definition) is 9. The zero-order valence-electron chi connectivity index (χ0n) is 25.1. The van der Waals surface area contributed by atoms with Crippen LogP contribution in [0.25, 0.3) is 0 Å². The quantitative estimate of drug-likeness (QED) is 0.110. The van der Waals surface area contributed by atoms with Gasteiger partial charge in [0.05, 0.1) is 22.3 Å². The van der Waals surface area contributed by atoms with Crippen LogP contribution in [0.4, 0.5) is 0 Å². The summed E-state index contributed by atoms with van der Waals surface area (Å²) in [5.41, 5.74) is -0.923. The van der Waals surface area contributed by atoms with Crippen molar-refractivity contribution in [3.05, 3.63) is 156 Å². The Balaban J connectivity index is 1.58. The molecule has 0 aliphatic carbocycles. The molecule has 4 aromatic rings. The number of esters is 4. The van der Waals surface area contributed by atoms with E-state index in [1.54, 1.807) is 128 Å². The van der Waals surface area contributed by atoms with Gasteiger partial charge in [0, 0.05) is 0 Å². The molecule has 0 spiro atoms. The monoisotopic (exact) mass is 620 g/mol. The first-order valence-electron chi connectivity index (χ1n) is 14.7. The molecule has 1 aliphatic rings. The molecule has 9 heteroatoms. The molecule has 0 unspecified atom stereocenters. The first-order chi connectivity index (χ1) is 22.3. The Kier molecular flexibility index (Phi) is 10.0. The van der Waals surface area contributed by atoms with Crippen LogP contribution in [0.2, 0.25) is 0 Å². The Hall–Kier alpha value is -5.54. The molecule has 9 nitrogen and oxygen atoms in total. The van der Waals surface area contributed by atoms with Gasteiger partial charge in [-0.05, 0) is 60.5 Å². The molecule has 234 valence electrons. The zero-order valence-corrected chi connectivity index (χ0v) is 25.1. The van der Waals surface area contributed by atoms with Crippen LogP contribution in [-0.4, -0.2) is 54.6 Å². The fraction of sp³-hybridized carbons (Fsp3) is 0.189. The maximum atomic E-state index is 13.7. The van der Waals surface area contributed by atoms with Gasteiger partial charge in [-0.2, -0.15) is 0 Å². The van der Waals surface area contributed by atoms with Crippen LogP contribution >= 0.6 is 0 Å². The summed E-state index contributed by atoms with van der Waals surface area (Å²) >= 11 is 0. The highest BCUT2D eigenvalue weighted by Crippen LogP contribution is 2.44. The van der Waals surface area contributed by atoms with Crippen LogP contribution in [0.15, 0.2) is 133 Å². The molecule has 1 heterocycles. The van der Waals surface area contributed by atoms with E-state index in [-0.39, 0.29) is 34.2 Å². The number of benzene rings is 4. The Morgan fingerprint density at radius 3 is 1.50 bits per heavy atom. The van der Waals surface area contributed by atoms with Gasteiger partial charge in [-0.15, -0.1) is 0 Å². The summed E-state index contributed by atoms with van der Waals surface area (Å²) in [6.45, 7) is 5.48.